The molecule has 2 unspecified atom stereocenters. The molecule has 0 radical (unpaired) electrons. The Balaban J connectivity index is 2.89. The van der Waals surface area contributed by atoms with Crippen molar-refractivity contribution in [1.82, 2.24) is 0 Å². The van der Waals surface area contributed by atoms with Gasteiger partial charge in [-0.1, -0.05) is 39.0 Å². The Morgan fingerprint density at radius 3 is 2.36 bits per heavy atom. The van der Waals surface area contributed by atoms with Gasteiger partial charge in [-0.2, -0.15) is 0 Å². The Morgan fingerprint density at radius 1 is 1.18 bits per heavy atom. The van der Waals surface area contributed by atoms with Crippen LogP contribution in [0.3, 0.4) is 0 Å². The van der Waals surface area contributed by atoms with Crippen molar-refractivity contribution < 1.29 is 4.74 Å². The molecule has 0 aromatic carbocycles. The van der Waals surface area contributed by atoms with Crippen LogP contribution in [0.15, 0.2) is 0 Å². The summed E-state index contributed by atoms with van der Waals surface area (Å²) in [6.07, 6.45) is 7.95. The van der Waals surface area contributed by atoms with Crippen LogP contribution in [-0.4, -0.2) is 13.0 Å². The van der Waals surface area contributed by atoms with E-state index >= 15 is 0 Å². The van der Waals surface area contributed by atoms with Crippen molar-refractivity contribution in [2.75, 3.05) is 7.11 Å². The predicted octanol–water partition coefficient (Wildman–Crippen LogP) is 3.19. The molecule has 0 saturated carbocycles. The van der Waals surface area contributed by atoms with E-state index in [1.807, 2.05) is 0 Å². The minimum Gasteiger partial charge on any atom is -0.378 e. The normalized spacial score (nSPS) is 13.4. The fourth-order valence-corrected chi connectivity index (χ4v) is 1.30. The molecular formula is C9H21OP. The van der Waals surface area contributed by atoms with Gasteiger partial charge in [-0.15, -0.1) is 9.24 Å². The molecule has 0 fully saturated rings. The highest BCUT2D eigenvalue weighted by atomic mass is 31.0. The number of unbranched alkanes of at least 4 members (excludes halogenated alkanes) is 4. The standard InChI is InChI=1S/C9H21OP/c1-3-4-5-6-7-8-9(11)10-2/h9H,3-8,11H2,1-2H3. The second-order valence-electron chi connectivity index (χ2n) is 2.98. The molecule has 0 aliphatic carbocycles. The van der Waals surface area contributed by atoms with Crippen molar-refractivity contribution in [3.63, 3.8) is 0 Å². The van der Waals surface area contributed by atoms with E-state index in [9.17, 15) is 0 Å². The zero-order chi connectivity index (χ0) is 8.53. The molecule has 0 amide bonds. The smallest absolute Gasteiger partial charge is 0.0704 e. The molecule has 1 nitrogen and oxygen atoms in total. The summed E-state index contributed by atoms with van der Waals surface area (Å²) in [6.45, 7) is 2.24. The molecule has 0 N–H and O–H groups in total. The first kappa shape index (κ1) is 11.4. The van der Waals surface area contributed by atoms with Gasteiger partial charge in [0.1, 0.15) is 0 Å². The second kappa shape index (κ2) is 8.49. The van der Waals surface area contributed by atoms with E-state index in [0.717, 1.165) is 0 Å². The third-order valence-electron chi connectivity index (χ3n) is 1.89. The average molecular weight is 176 g/mol. The minimum atomic E-state index is 0.372. The molecule has 2 atom stereocenters. The Hall–Kier alpha value is 0.390. The van der Waals surface area contributed by atoms with Crippen LogP contribution in [0.25, 0.3) is 0 Å². The van der Waals surface area contributed by atoms with Gasteiger partial charge in [0, 0.05) is 7.11 Å². The van der Waals surface area contributed by atoms with Gasteiger partial charge in [-0.3, -0.25) is 0 Å². The van der Waals surface area contributed by atoms with Crippen LogP contribution in [0.5, 0.6) is 0 Å². The van der Waals surface area contributed by atoms with Crippen LogP contribution in [0, 0.1) is 0 Å². The van der Waals surface area contributed by atoms with Crippen LogP contribution in [-0.2, 0) is 4.74 Å². The summed E-state index contributed by atoms with van der Waals surface area (Å²) in [6, 6.07) is 0. The summed E-state index contributed by atoms with van der Waals surface area (Å²) in [5.41, 5.74) is 0. The highest BCUT2D eigenvalue weighted by Gasteiger charge is 1.97. The maximum Gasteiger partial charge on any atom is 0.0704 e. The lowest BCUT2D eigenvalue weighted by atomic mass is 10.1. The van der Waals surface area contributed by atoms with Crippen LogP contribution in [0.4, 0.5) is 0 Å². The first-order valence-electron chi connectivity index (χ1n) is 4.59. The minimum absolute atomic E-state index is 0.372. The summed E-state index contributed by atoms with van der Waals surface area (Å²) >= 11 is 0. The summed E-state index contributed by atoms with van der Waals surface area (Å²) < 4.78 is 5.12. The topological polar surface area (TPSA) is 9.23 Å². The van der Waals surface area contributed by atoms with E-state index in [0.29, 0.717) is 5.85 Å². The zero-order valence-corrected chi connectivity index (χ0v) is 8.96. The second-order valence-corrected chi connectivity index (χ2v) is 3.72. The highest BCUT2D eigenvalue weighted by Crippen LogP contribution is 2.12. The van der Waals surface area contributed by atoms with Crippen molar-refractivity contribution in [1.29, 1.82) is 0 Å². The van der Waals surface area contributed by atoms with Crippen molar-refractivity contribution in [2.45, 2.75) is 51.3 Å². The van der Waals surface area contributed by atoms with Crippen molar-refractivity contribution in [3.8, 4) is 0 Å². The molecular weight excluding hydrogens is 155 g/mol. The number of methoxy groups -OCH3 is 1. The molecule has 0 heterocycles. The van der Waals surface area contributed by atoms with E-state index < -0.39 is 0 Å². The van der Waals surface area contributed by atoms with E-state index in [-0.39, 0.29) is 0 Å². The van der Waals surface area contributed by atoms with Gasteiger partial charge in [0.05, 0.1) is 5.85 Å². The fourth-order valence-electron chi connectivity index (χ4n) is 1.07. The maximum atomic E-state index is 5.12. The van der Waals surface area contributed by atoms with Gasteiger partial charge in [0.2, 0.25) is 0 Å². The molecule has 0 aliphatic rings. The van der Waals surface area contributed by atoms with E-state index in [4.69, 9.17) is 4.74 Å². The first-order chi connectivity index (χ1) is 5.31. The van der Waals surface area contributed by atoms with Gasteiger partial charge in [-0.05, 0) is 6.42 Å². The molecule has 0 rings (SSSR count). The largest absolute Gasteiger partial charge is 0.378 e. The number of hydrogen-bond donors (Lipinski definition) is 0. The van der Waals surface area contributed by atoms with Gasteiger partial charge in [0.25, 0.3) is 0 Å². The summed E-state index contributed by atoms with van der Waals surface area (Å²) in [4.78, 5) is 0. The van der Waals surface area contributed by atoms with Gasteiger partial charge >= 0.3 is 0 Å². The van der Waals surface area contributed by atoms with Crippen LogP contribution in [0.2, 0.25) is 0 Å². The molecule has 0 spiro atoms. The van der Waals surface area contributed by atoms with Gasteiger partial charge in [0.15, 0.2) is 0 Å². The van der Waals surface area contributed by atoms with Gasteiger partial charge in [-0.25, -0.2) is 0 Å². The Bertz CT molecular complexity index is 76.0. The lowest BCUT2D eigenvalue weighted by molar-refractivity contribution is 0.162. The molecule has 0 saturated heterocycles. The van der Waals surface area contributed by atoms with E-state index in [1.165, 1.54) is 38.5 Å². The number of hydrogen-bond acceptors (Lipinski definition) is 1. The van der Waals surface area contributed by atoms with Crippen LogP contribution >= 0.6 is 9.24 Å². The third kappa shape index (κ3) is 8.29. The lowest BCUT2D eigenvalue weighted by Crippen LogP contribution is -1.99. The molecule has 0 aliphatic heterocycles. The zero-order valence-electron chi connectivity index (χ0n) is 7.81. The number of ether oxygens (including phenoxy) is 1. The van der Waals surface area contributed by atoms with Crippen molar-refractivity contribution >= 4 is 9.24 Å². The van der Waals surface area contributed by atoms with Crippen molar-refractivity contribution in [2.24, 2.45) is 0 Å². The Kier molecular flexibility index (Phi) is 8.79. The molecule has 0 bridgehead atoms. The first-order valence-corrected chi connectivity index (χ1v) is 5.26. The molecule has 68 valence electrons. The maximum absolute atomic E-state index is 5.12. The molecule has 0 aromatic rings. The molecule has 0 aromatic heterocycles. The van der Waals surface area contributed by atoms with Crippen LogP contribution in [0.1, 0.15) is 45.4 Å². The lowest BCUT2D eigenvalue weighted by Gasteiger charge is -2.07. The fraction of sp³-hybridized carbons (Fsp3) is 1.00. The molecule has 2 heteroatoms. The third-order valence-corrected chi connectivity index (χ3v) is 2.50. The quantitative estimate of drug-likeness (QED) is 0.427. The van der Waals surface area contributed by atoms with E-state index in [2.05, 4.69) is 16.2 Å². The van der Waals surface area contributed by atoms with Crippen LogP contribution < -0.4 is 0 Å². The van der Waals surface area contributed by atoms with Crippen molar-refractivity contribution in [3.05, 3.63) is 0 Å². The number of rotatable bonds is 7. The average Bonchev–Trinajstić information content (AvgIpc) is 2.04. The van der Waals surface area contributed by atoms with E-state index in [1.54, 1.807) is 7.11 Å². The summed E-state index contributed by atoms with van der Waals surface area (Å²) in [7, 11) is 4.48. The highest BCUT2D eigenvalue weighted by molar-refractivity contribution is 7.17. The Labute approximate surface area is 73.1 Å². The summed E-state index contributed by atoms with van der Waals surface area (Å²) in [5, 5.41) is 0. The summed E-state index contributed by atoms with van der Waals surface area (Å²) in [5.74, 6) is 0.372. The van der Waals surface area contributed by atoms with Gasteiger partial charge < -0.3 is 4.74 Å². The predicted molar refractivity (Wildman–Crippen MR) is 53.9 cm³/mol. The Morgan fingerprint density at radius 2 is 1.82 bits per heavy atom. The SMILES string of the molecule is CCCCCCCC(P)OC. The monoisotopic (exact) mass is 176 g/mol. The molecule has 11 heavy (non-hydrogen) atoms.